The van der Waals surface area contributed by atoms with Crippen molar-refractivity contribution in [2.45, 2.75) is 37.8 Å². The topological polar surface area (TPSA) is 38.4 Å². The molecule has 0 aromatic carbocycles. The van der Waals surface area contributed by atoms with Crippen LogP contribution in [0.3, 0.4) is 0 Å². The van der Waals surface area contributed by atoms with E-state index < -0.39 is 0 Å². The van der Waals surface area contributed by atoms with Crippen LogP contribution in [0, 0.1) is 0 Å². The fourth-order valence-corrected chi connectivity index (χ4v) is 1.73. The molecule has 1 fully saturated rings. The Morgan fingerprint density at radius 1 is 1.33 bits per heavy atom. The van der Waals surface area contributed by atoms with Crippen LogP contribution in [0.2, 0.25) is 0 Å². The van der Waals surface area contributed by atoms with Crippen molar-refractivity contribution in [3.8, 4) is 0 Å². The molecule has 51 valence electrons. The maximum atomic E-state index is 5.79. The maximum absolute atomic E-state index is 5.79. The van der Waals surface area contributed by atoms with Gasteiger partial charge in [0.25, 0.3) is 0 Å². The summed E-state index contributed by atoms with van der Waals surface area (Å²) >= 11 is 2.28. The van der Waals surface area contributed by atoms with Gasteiger partial charge in [-0.3, -0.25) is 0 Å². The summed E-state index contributed by atoms with van der Waals surface area (Å²) in [5, 5.41) is 0. The first-order chi connectivity index (χ1) is 4.34. The van der Waals surface area contributed by atoms with Crippen LogP contribution in [0.25, 0.3) is 0 Å². The number of rotatable bonds is 1. The van der Waals surface area contributed by atoms with E-state index in [4.69, 9.17) is 5.73 Å². The van der Waals surface area contributed by atoms with Gasteiger partial charge in [-0.05, 0) is 0 Å². The van der Waals surface area contributed by atoms with Crippen LogP contribution >= 0.6 is 0 Å². The molecular formula is C6H12N2V. The van der Waals surface area contributed by atoms with Crippen LogP contribution in [0.1, 0.15) is 25.7 Å². The first-order valence-corrected chi connectivity index (χ1v) is 4.07. The summed E-state index contributed by atoms with van der Waals surface area (Å²) < 4.78 is 4.14. The van der Waals surface area contributed by atoms with E-state index in [1.165, 1.54) is 19.3 Å². The van der Waals surface area contributed by atoms with Crippen molar-refractivity contribution in [1.82, 2.24) is 0 Å². The second kappa shape index (κ2) is 3.50. The van der Waals surface area contributed by atoms with Crippen LogP contribution in [0.5, 0.6) is 0 Å². The van der Waals surface area contributed by atoms with Gasteiger partial charge < -0.3 is 0 Å². The van der Waals surface area contributed by atoms with Gasteiger partial charge in [-0.1, -0.05) is 0 Å². The van der Waals surface area contributed by atoms with Crippen molar-refractivity contribution < 1.29 is 17.2 Å². The first-order valence-electron chi connectivity index (χ1n) is 3.44. The van der Waals surface area contributed by atoms with E-state index in [0.29, 0.717) is 12.1 Å². The van der Waals surface area contributed by atoms with Crippen molar-refractivity contribution in [2.24, 2.45) is 9.52 Å². The molecule has 0 saturated heterocycles. The molecule has 1 aliphatic rings. The monoisotopic (exact) mass is 163 g/mol. The number of nitrogens with zero attached hydrogens (tertiary/aromatic N) is 1. The molecule has 0 aromatic heterocycles. The standard InChI is InChI=1S/C6H12N2.V/c7-5-3-1-2-4-6(5)8;/h5-6H,1-4,7H2;/t5-,6-;/m1./s1. The van der Waals surface area contributed by atoms with E-state index in [1.54, 1.807) is 0 Å². The van der Waals surface area contributed by atoms with Crippen molar-refractivity contribution in [1.29, 1.82) is 0 Å². The van der Waals surface area contributed by atoms with Crippen molar-refractivity contribution in [3.63, 3.8) is 0 Å². The van der Waals surface area contributed by atoms with Crippen molar-refractivity contribution in [3.05, 3.63) is 0 Å². The molecule has 3 heteroatoms. The van der Waals surface area contributed by atoms with Crippen molar-refractivity contribution in [2.75, 3.05) is 0 Å². The molecule has 1 aliphatic carbocycles. The molecule has 2 N–H and O–H groups in total. The fraction of sp³-hybridized carbons (Fsp3) is 1.00. The Labute approximate surface area is 65.0 Å². The van der Waals surface area contributed by atoms with Gasteiger partial charge in [0.05, 0.1) is 0 Å². The molecule has 0 radical (unpaired) electrons. The summed E-state index contributed by atoms with van der Waals surface area (Å²) in [6, 6.07) is 0.764. The summed E-state index contributed by atoms with van der Waals surface area (Å²) in [5.74, 6) is 0. The molecule has 2 atom stereocenters. The first kappa shape index (κ1) is 7.45. The van der Waals surface area contributed by atoms with Crippen LogP contribution in [-0.2, 0) is 17.2 Å². The number of nitrogens with two attached hydrogens (primary N) is 1. The summed E-state index contributed by atoms with van der Waals surface area (Å²) in [5.41, 5.74) is 5.79. The molecule has 9 heavy (non-hydrogen) atoms. The molecule has 1 saturated carbocycles. The molecule has 0 aliphatic heterocycles. The van der Waals surface area contributed by atoms with Gasteiger partial charge in [0, 0.05) is 0 Å². The minimum absolute atomic E-state index is 0.335. The molecule has 0 spiro atoms. The van der Waals surface area contributed by atoms with Gasteiger partial charge in [-0.15, -0.1) is 0 Å². The third-order valence-electron chi connectivity index (χ3n) is 1.93. The zero-order chi connectivity index (χ0) is 6.69. The van der Waals surface area contributed by atoms with Crippen LogP contribution < -0.4 is 5.73 Å². The van der Waals surface area contributed by atoms with E-state index in [0.717, 1.165) is 6.42 Å². The van der Waals surface area contributed by atoms with E-state index in [-0.39, 0.29) is 0 Å². The van der Waals surface area contributed by atoms with E-state index >= 15 is 0 Å². The molecular weight excluding hydrogens is 151 g/mol. The Hall–Kier alpha value is 0.344. The van der Waals surface area contributed by atoms with E-state index in [9.17, 15) is 0 Å². The predicted octanol–water partition coefficient (Wildman–Crippen LogP) is 0.987. The fourth-order valence-electron chi connectivity index (χ4n) is 1.28. The van der Waals surface area contributed by atoms with Gasteiger partial charge in [0.1, 0.15) is 0 Å². The molecule has 0 bridgehead atoms. The molecule has 0 heterocycles. The predicted molar refractivity (Wildman–Crippen MR) is 32.7 cm³/mol. The SMILES string of the molecule is N[C@@H]1CCCC[C@H]1[N]=[V]. The van der Waals surface area contributed by atoms with Crippen LogP contribution in [-0.4, -0.2) is 12.1 Å². The van der Waals surface area contributed by atoms with Gasteiger partial charge >= 0.3 is 64.5 Å². The number of hydrogen-bond donors (Lipinski definition) is 1. The Morgan fingerprint density at radius 2 is 2.00 bits per heavy atom. The molecule has 2 nitrogen and oxygen atoms in total. The van der Waals surface area contributed by atoms with E-state index in [1.807, 2.05) is 0 Å². The van der Waals surface area contributed by atoms with Crippen LogP contribution in [0.15, 0.2) is 3.79 Å². The van der Waals surface area contributed by atoms with E-state index in [2.05, 4.69) is 21.0 Å². The third-order valence-corrected chi connectivity index (χ3v) is 2.39. The Kier molecular flexibility index (Phi) is 2.90. The van der Waals surface area contributed by atoms with Gasteiger partial charge in [0.2, 0.25) is 0 Å². The normalized spacial score (nSPS) is 36.0. The Bertz CT molecular complexity index is 105. The van der Waals surface area contributed by atoms with Crippen molar-refractivity contribution >= 4 is 0 Å². The summed E-state index contributed by atoms with van der Waals surface area (Å²) in [6.07, 6.45) is 4.95. The molecule has 1 rings (SSSR count). The third kappa shape index (κ3) is 1.89. The van der Waals surface area contributed by atoms with Gasteiger partial charge in [0.15, 0.2) is 0 Å². The Balaban J connectivity index is 2.38. The average Bonchev–Trinajstić information content (AvgIpc) is 1.89. The summed E-state index contributed by atoms with van der Waals surface area (Å²) in [7, 11) is 0. The second-order valence-electron chi connectivity index (χ2n) is 2.63. The number of hydrogen-bond acceptors (Lipinski definition) is 2. The second-order valence-corrected chi connectivity index (χ2v) is 2.99. The zero-order valence-electron chi connectivity index (χ0n) is 5.45. The Morgan fingerprint density at radius 3 is 2.44 bits per heavy atom. The average molecular weight is 163 g/mol. The molecule has 0 aromatic rings. The molecule has 0 unspecified atom stereocenters. The molecule has 0 amide bonds. The van der Waals surface area contributed by atoms with Gasteiger partial charge in [-0.2, -0.15) is 0 Å². The summed E-state index contributed by atoms with van der Waals surface area (Å²) in [6.45, 7) is 0. The quantitative estimate of drug-likeness (QED) is 0.615. The zero-order valence-corrected chi connectivity index (χ0v) is 6.85. The summed E-state index contributed by atoms with van der Waals surface area (Å²) in [4.78, 5) is 0. The van der Waals surface area contributed by atoms with Crippen LogP contribution in [0.4, 0.5) is 0 Å². The van der Waals surface area contributed by atoms with Gasteiger partial charge in [-0.25, -0.2) is 0 Å². The minimum atomic E-state index is 0.335.